The molecule has 1 aromatic rings. The minimum absolute atomic E-state index is 0.109. The Morgan fingerprint density at radius 2 is 1.88 bits per heavy atom. The summed E-state index contributed by atoms with van der Waals surface area (Å²) in [6.45, 7) is 2.36. The second-order valence-corrected chi connectivity index (χ2v) is 6.70. The number of ether oxygens (including phenoxy) is 3. The number of hydrogen-bond acceptors (Lipinski definition) is 4. The molecule has 2 aliphatic rings. The molecule has 2 fully saturated rings. The molecule has 0 N–H and O–H groups in total. The van der Waals surface area contributed by atoms with Gasteiger partial charge in [-0.3, -0.25) is 4.79 Å². The van der Waals surface area contributed by atoms with E-state index in [1.807, 2.05) is 23.1 Å². The van der Waals surface area contributed by atoms with Crippen LogP contribution in [0.1, 0.15) is 31.2 Å². The van der Waals surface area contributed by atoms with Crippen LogP contribution in [-0.4, -0.2) is 50.8 Å². The molecule has 0 spiro atoms. The third-order valence-electron chi connectivity index (χ3n) is 4.85. The molecule has 1 saturated carbocycles. The van der Waals surface area contributed by atoms with Gasteiger partial charge in [0.05, 0.1) is 26.7 Å². The Balaban J connectivity index is 1.61. The minimum Gasteiger partial charge on any atom is -0.496 e. The predicted molar refractivity (Wildman–Crippen MR) is 91.5 cm³/mol. The summed E-state index contributed by atoms with van der Waals surface area (Å²) in [5.74, 6) is 2.26. The molecule has 1 atom stereocenters. The normalized spacial score (nSPS) is 20.8. The van der Waals surface area contributed by atoms with Crippen molar-refractivity contribution >= 4 is 5.91 Å². The predicted octanol–water partition coefficient (Wildman–Crippen LogP) is 2.66. The van der Waals surface area contributed by atoms with Gasteiger partial charge < -0.3 is 19.1 Å². The molecule has 0 aromatic heterocycles. The molecule has 1 saturated heterocycles. The van der Waals surface area contributed by atoms with Gasteiger partial charge in [-0.1, -0.05) is 6.07 Å². The monoisotopic (exact) mass is 333 g/mol. The van der Waals surface area contributed by atoms with Crippen molar-refractivity contribution in [2.24, 2.45) is 5.92 Å². The smallest absolute Gasteiger partial charge is 0.227 e. The van der Waals surface area contributed by atoms with Crippen molar-refractivity contribution in [2.75, 3.05) is 33.9 Å². The molecule has 0 radical (unpaired) electrons. The fraction of sp³-hybridized carbons (Fsp3) is 0.632. The molecule has 1 heterocycles. The summed E-state index contributed by atoms with van der Waals surface area (Å²) >= 11 is 0. The molecule has 3 rings (SSSR count). The second-order valence-electron chi connectivity index (χ2n) is 6.70. The second kappa shape index (κ2) is 7.88. The molecule has 1 unspecified atom stereocenters. The average molecular weight is 333 g/mol. The number of benzene rings is 1. The number of likely N-dealkylation sites (tertiary alicyclic amines) is 1. The van der Waals surface area contributed by atoms with E-state index in [4.69, 9.17) is 14.2 Å². The maximum absolute atomic E-state index is 12.8. The molecular weight excluding hydrogens is 306 g/mol. The van der Waals surface area contributed by atoms with Crippen molar-refractivity contribution < 1.29 is 19.0 Å². The number of carbonyl (C=O) groups is 1. The Bertz CT molecular complexity index is 548. The fourth-order valence-corrected chi connectivity index (χ4v) is 3.22. The zero-order valence-electron chi connectivity index (χ0n) is 14.6. The van der Waals surface area contributed by atoms with Crippen LogP contribution in [0.25, 0.3) is 0 Å². The lowest BCUT2D eigenvalue weighted by molar-refractivity contribution is -0.134. The summed E-state index contributed by atoms with van der Waals surface area (Å²) in [4.78, 5) is 14.7. The van der Waals surface area contributed by atoms with Crippen LogP contribution in [0.3, 0.4) is 0 Å². The first-order valence-electron chi connectivity index (χ1n) is 8.80. The lowest BCUT2D eigenvalue weighted by Gasteiger charge is -2.33. The highest BCUT2D eigenvalue weighted by Gasteiger charge is 2.28. The Kier molecular flexibility index (Phi) is 5.61. The minimum atomic E-state index is 0.109. The third-order valence-corrected chi connectivity index (χ3v) is 4.85. The number of nitrogens with zero attached hydrogens (tertiary/aromatic N) is 1. The summed E-state index contributed by atoms with van der Waals surface area (Å²) in [7, 11) is 3.23. The van der Waals surface area contributed by atoms with Crippen LogP contribution >= 0.6 is 0 Å². The van der Waals surface area contributed by atoms with E-state index in [-0.39, 0.29) is 12.0 Å². The average Bonchev–Trinajstić information content (AvgIpc) is 3.44. The third kappa shape index (κ3) is 4.20. The summed E-state index contributed by atoms with van der Waals surface area (Å²) < 4.78 is 16.8. The van der Waals surface area contributed by atoms with Crippen LogP contribution in [0.15, 0.2) is 18.2 Å². The van der Waals surface area contributed by atoms with Gasteiger partial charge in [-0.25, -0.2) is 0 Å². The van der Waals surface area contributed by atoms with E-state index in [0.29, 0.717) is 24.5 Å². The Morgan fingerprint density at radius 3 is 2.50 bits per heavy atom. The van der Waals surface area contributed by atoms with Crippen molar-refractivity contribution in [3.05, 3.63) is 23.8 Å². The van der Waals surface area contributed by atoms with Gasteiger partial charge in [0.25, 0.3) is 0 Å². The SMILES string of the molecule is COc1cccc(OC)c1CC(=O)N1CCCC(OCC2CC2)C1. The molecule has 1 aromatic carbocycles. The highest BCUT2D eigenvalue weighted by molar-refractivity contribution is 5.80. The van der Waals surface area contributed by atoms with Crippen molar-refractivity contribution in [1.29, 1.82) is 0 Å². The van der Waals surface area contributed by atoms with Crippen LogP contribution < -0.4 is 9.47 Å². The first-order valence-corrected chi connectivity index (χ1v) is 8.80. The molecule has 0 bridgehead atoms. The van der Waals surface area contributed by atoms with Crippen LogP contribution in [0.2, 0.25) is 0 Å². The molecule has 5 nitrogen and oxygen atoms in total. The van der Waals surface area contributed by atoms with Crippen molar-refractivity contribution in [3.8, 4) is 11.5 Å². The van der Waals surface area contributed by atoms with Crippen LogP contribution in [0, 0.1) is 5.92 Å². The van der Waals surface area contributed by atoms with Crippen molar-refractivity contribution in [3.63, 3.8) is 0 Å². The van der Waals surface area contributed by atoms with Gasteiger partial charge in [0.2, 0.25) is 5.91 Å². The van der Waals surface area contributed by atoms with Gasteiger partial charge in [0.15, 0.2) is 0 Å². The number of piperidine rings is 1. The van der Waals surface area contributed by atoms with E-state index in [2.05, 4.69) is 0 Å². The Morgan fingerprint density at radius 1 is 1.17 bits per heavy atom. The summed E-state index contributed by atoms with van der Waals surface area (Å²) in [6.07, 6.45) is 5.12. The van der Waals surface area contributed by atoms with Crippen LogP contribution in [0.4, 0.5) is 0 Å². The number of hydrogen-bond donors (Lipinski definition) is 0. The fourth-order valence-electron chi connectivity index (χ4n) is 3.22. The van der Waals surface area contributed by atoms with E-state index in [0.717, 1.165) is 37.5 Å². The maximum Gasteiger partial charge on any atom is 0.227 e. The maximum atomic E-state index is 12.8. The highest BCUT2D eigenvalue weighted by Crippen LogP contribution is 2.31. The topological polar surface area (TPSA) is 48.0 Å². The van der Waals surface area contributed by atoms with Gasteiger partial charge in [-0.05, 0) is 43.7 Å². The van der Waals surface area contributed by atoms with E-state index in [1.165, 1.54) is 12.8 Å². The zero-order valence-corrected chi connectivity index (χ0v) is 14.6. The van der Waals surface area contributed by atoms with Gasteiger partial charge in [-0.15, -0.1) is 0 Å². The quantitative estimate of drug-likeness (QED) is 0.770. The van der Waals surface area contributed by atoms with E-state index >= 15 is 0 Å². The van der Waals surface area contributed by atoms with Gasteiger partial charge in [0.1, 0.15) is 11.5 Å². The molecule has 1 amide bonds. The van der Waals surface area contributed by atoms with E-state index in [1.54, 1.807) is 14.2 Å². The number of rotatable bonds is 7. The number of carbonyl (C=O) groups excluding carboxylic acids is 1. The zero-order chi connectivity index (χ0) is 16.9. The lowest BCUT2D eigenvalue weighted by atomic mass is 10.0. The van der Waals surface area contributed by atoms with Gasteiger partial charge >= 0.3 is 0 Å². The first kappa shape index (κ1) is 17.1. The van der Waals surface area contributed by atoms with Crippen LogP contribution in [0.5, 0.6) is 11.5 Å². The van der Waals surface area contributed by atoms with Gasteiger partial charge in [-0.2, -0.15) is 0 Å². The molecule has 24 heavy (non-hydrogen) atoms. The first-order chi connectivity index (χ1) is 11.7. The standard InChI is InChI=1S/C19H27NO4/c1-22-17-6-3-7-18(23-2)16(17)11-19(21)20-10-4-5-15(12-20)24-13-14-8-9-14/h3,6-7,14-15H,4-5,8-13H2,1-2H3. The molecular formula is C19H27NO4. The van der Waals surface area contributed by atoms with Gasteiger partial charge in [0, 0.05) is 25.3 Å². The molecule has 5 heteroatoms. The largest absolute Gasteiger partial charge is 0.496 e. The van der Waals surface area contributed by atoms with Crippen LogP contribution in [-0.2, 0) is 16.0 Å². The molecule has 132 valence electrons. The lowest BCUT2D eigenvalue weighted by Crippen LogP contribution is -2.44. The molecule has 1 aliphatic carbocycles. The highest BCUT2D eigenvalue weighted by atomic mass is 16.5. The number of amides is 1. The molecule has 1 aliphatic heterocycles. The Hall–Kier alpha value is -1.75. The van der Waals surface area contributed by atoms with E-state index < -0.39 is 0 Å². The summed E-state index contributed by atoms with van der Waals surface area (Å²) in [5.41, 5.74) is 0.813. The Labute approximate surface area is 143 Å². The van der Waals surface area contributed by atoms with Crippen molar-refractivity contribution in [2.45, 2.75) is 38.2 Å². The number of methoxy groups -OCH3 is 2. The summed E-state index contributed by atoms with van der Waals surface area (Å²) in [6, 6.07) is 5.60. The van der Waals surface area contributed by atoms with Crippen molar-refractivity contribution in [1.82, 2.24) is 4.90 Å². The summed E-state index contributed by atoms with van der Waals surface area (Å²) in [5, 5.41) is 0. The van der Waals surface area contributed by atoms with E-state index in [9.17, 15) is 4.79 Å².